The molecular weight excluding hydrogens is 269 g/mol. The van der Waals surface area contributed by atoms with Crippen molar-refractivity contribution in [2.45, 2.75) is 40.0 Å². The van der Waals surface area contributed by atoms with E-state index in [1.165, 1.54) is 6.07 Å². The molecule has 0 spiro atoms. The van der Waals surface area contributed by atoms with Crippen molar-refractivity contribution in [1.29, 1.82) is 0 Å². The van der Waals surface area contributed by atoms with E-state index in [-0.39, 0.29) is 22.6 Å². The average Bonchev–Trinajstić information content (AvgIpc) is 2.66. The summed E-state index contributed by atoms with van der Waals surface area (Å²) in [5.74, 6) is -0.352. The van der Waals surface area contributed by atoms with Gasteiger partial charge in [0, 0.05) is 13.1 Å². The molecule has 1 aromatic carbocycles. The fourth-order valence-electron chi connectivity index (χ4n) is 3.02. The third kappa shape index (κ3) is 3.74. The molecule has 4 heteroatoms. The quantitative estimate of drug-likeness (QED) is 0.855. The molecule has 1 unspecified atom stereocenters. The molecular formula is C17H24FNO2. The molecule has 1 aliphatic heterocycles. The topological polar surface area (TPSA) is 40.5 Å². The van der Waals surface area contributed by atoms with Crippen LogP contribution in [0.4, 0.5) is 4.39 Å². The number of hydrogen-bond acceptors (Lipinski definition) is 2. The first-order chi connectivity index (χ1) is 9.79. The number of phenols is 1. The first-order valence-electron chi connectivity index (χ1n) is 7.57. The molecule has 2 rings (SSSR count). The van der Waals surface area contributed by atoms with E-state index in [4.69, 9.17) is 0 Å². The molecule has 1 saturated heterocycles. The molecule has 1 aromatic rings. The highest BCUT2D eigenvalue weighted by molar-refractivity contribution is 5.96. The second-order valence-corrected chi connectivity index (χ2v) is 6.95. The molecule has 0 aliphatic carbocycles. The lowest BCUT2D eigenvalue weighted by Crippen LogP contribution is -2.32. The van der Waals surface area contributed by atoms with Crippen molar-refractivity contribution in [3.05, 3.63) is 29.6 Å². The minimum absolute atomic E-state index is 0.0595. The maximum atomic E-state index is 13.3. The molecule has 1 atom stereocenters. The van der Waals surface area contributed by atoms with Crippen molar-refractivity contribution in [2.24, 2.45) is 11.3 Å². The van der Waals surface area contributed by atoms with Gasteiger partial charge >= 0.3 is 0 Å². The zero-order valence-corrected chi connectivity index (χ0v) is 13.0. The summed E-state index contributed by atoms with van der Waals surface area (Å²) in [7, 11) is 0. The molecule has 1 aliphatic rings. The summed E-state index contributed by atoms with van der Waals surface area (Å²) < 4.78 is 13.3. The van der Waals surface area contributed by atoms with E-state index in [1.807, 2.05) is 0 Å². The summed E-state index contributed by atoms with van der Waals surface area (Å²) in [6.45, 7) is 8.02. The maximum absolute atomic E-state index is 13.3. The molecule has 0 radical (unpaired) electrons. The number of aromatic hydroxyl groups is 1. The minimum atomic E-state index is -0.501. The van der Waals surface area contributed by atoms with Gasteiger partial charge in [-0.05, 0) is 48.8 Å². The Morgan fingerprint density at radius 1 is 1.29 bits per heavy atom. The lowest BCUT2D eigenvalue weighted by Gasteiger charge is -2.29. The normalized spacial score (nSPS) is 20.2. The van der Waals surface area contributed by atoms with Crippen LogP contribution < -0.4 is 0 Å². The largest absolute Gasteiger partial charge is 0.507 e. The van der Waals surface area contributed by atoms with Crippen LogP contribution in [0.1, 0.15) is 50.4 Å². The minimum Gasteiger partial charge on any atom is -0.507 e. The Morgan fingerprint density at radius 2 is 2.00 bits per heavy atom. The number of halogens is 1. The van der Waals surface area contributed by atoms with Gasteiger partial charge in [-0.2, -0.15) is 0 Å². The van der Waals surface area contributed by atoms with Gasteiger partial charge in [0.15, 0.2) is 0 Å². The number of carbonyl (C=O) groups excluding carboxylic acids is 1. The van der Waals surface area contributed by atoms with Gasteiger partial charge in [0.2, 0.25) is 0 Å². The summed E-state index contributed by atoms with van der Waals surface area (Å²) in [5.41, 5.74) is 0.296. The third-order valence-electron chi connectivity index (χ3n) is 4.43. The Labute approximate surface area is 125 Å². The van der Waals surface area contributed by atoms with Crippen LogP contribution in [0, 0.1) is 17.2 Å². The summed E-state index contributed by atoms with van der Waals surface area (Å²) >= 11 is 0. The van der Waals surface area contributed by atoms with Gasteiger partial charge in [-0.3, -0.25) is 4.79 Å². The van der Waals surface area contributed by atoms with Crippen LogP contribution in [0.15, 0.2) is 18.2 Å². The highest BCUT2D eigenvalue weighted by Gasteiger charge is 2.29. The lowest BCUT2D eigenvalue weighted by atomic mass is 9.77. The Kier molecular flexibility index (Phi) is 4.55. The Bertz CT molecular complexity index is 522. The van der Waals surface area contributed by atoms with E-state index in [2.05, 4.69) is 20.8 Å². The molecule has 1 heterocycles. The van der Waals surface area contributed by atoms with Gasteiger partial charge in [-0.25, -0.2) is 4.39 Å². The number of likely N-dealkylation sites (tertiary alicyclic amines) is 1. The Balaban J connectivity index is 2.12. The lowest BCUT2D eigenvalue weighted by molar-refractivity contribution is 0.0752. The van der Waals surface area contributed by atoms with Gasteiger partial charge < -0.3 is 10.0 Å². The Hall–Kier alpha value is -1.58. The molecule has 21 heavy (non-hydrogen) atoms. The molecule has 116 valence electrons. The fourth-order valence-corrected chi connectivity index (χ4v) is 3.02. The number of rotatable bonds is 1. The van der Waals surface area contributed by atoms with Crippen molar-refractivity contribution < 1.29 is 14.3 Å². The second-order valence-electron chi connectivity index (χ2n) is 6.95. The molecule has 1 fully saturated rings. The van der Waals surface area contributed by atoms with Crippen molar-refractivity contribution in [1.82, 2.24) is 4.90 Å². The summed E-state index contributed by atoms with van der Waals surface area (Å²) in [6.07, 6.45) is 3.00. The second kappa shape index (κ2) is 6.04. The van der Waals surface area contributed by atoms with Crippen LogP contribution in [0.5, 0.6) is 5.75 Å². The van der Waals surface area contributed by atoms with E-state index in [9.17, 15) is 14.3 Å². The van der Waals surface area contributed by atoms with Crippen LogP contribution in [-0.4, -0.2) is 29.0 Å². The molecule has 1 N–H and O–H groups in total. The first-order valence-corrected chi connectivity index (χ1v) is 7.57. The monoisotopic (exact) mass is 293 g/mol. The predicted molar refractivity (Wildman–Crippen MR) is 80.8 cm³/mol. The van der Waals surface area contributed by atoms with Gasteiger partial charge in [-0.15, -0.1) is 0 Å². The van der Waals surface area contributed by atoms with Crippen molar-refractivity contribution >= 4 is 5.91 Å². The Morgan fingerprint density at radius 3 is 2.67 bits per heavy atom. The first kappa shape index (κ1) is 15.8. The number of phenolic OH excluding ortho intramolecular Hbond substituents is 1. The maximum Gasteiger partial charge on any atom is 0.257 e. The van der Waals surface area contributed by atoms with Gasteiger partial charge in [0.25, 0.3) is 5.91 Å². The molecule has 0 saturated carbocycles. The fraction of sp³-hybridized carbons (Fsp3) is 0.588. The van der Waals surface area contributed by atoms with Gasteiger partial charge in [-0.1, -0.05) is 20.8 Å². The molecule has 0 aromatic heterocycles. The van der Waals surface area contributed by atoms with Gasteiger partial charge in [0.1, 0.15) is 11.6 Å². The van der Waals surface area contributed by atoms with Crippen LogP contribution in [-0.2, 0) is 0 Å². The number of benzene rings is 1. The van der Waals surface area contributed by atoms with Crippen LogP contribution in [0.25, 0.3) is 0 Å². The predicted octanol–water partition coefficient (Wildman–Crippen LogP) is 3.82. The van der Waals surface area contributed by atoms with Crippen LogP contribution in [0.2, 0.25) is 0 Å². The van der Waals surface area contributed by atoms with E-state index in [0.717, 1.165) is 31.4 Å². The number of nitrogens with zero attached hydrogens (tertiary/aromatic N) is 1. The third-order valence-corrected chi connectivity index (χ3v) is 4.43. The van der Waals surface area contributed by atoms with E-state index in [1.54, 1.807) is 4.90 Å². The van der Waals surface area contributed by atoms with Crippen LogP contribution in [0.3, 0.4) is 0 Å². The van der Waals surface area contributed by atoms with E-state index in [0.29, 0.717) is 19.0 Å². The highest BCUT2D eigenvalue weighted by atomic mass is 19.1. The number of carbonyl (C=O) groups is 1. The zero-order chi connectivity index (χ0) is 15.6. The smallest absolute Gasteiger partial charge is 0.257 e. The van der Waals surface area contributed by atoms with Crippen LogP contribution >= 0.6 is 0 Å². The van der Waals surface area contributed by atoms with Crippen molar-refractivity contribution in [2.75, 3.05) is 13.1 Å². The molecule has 3 nitrogen and oxygen atoms in total. The average molecular weight is 293 g/mol. The summed E-state index contributed by atoms with van der Waals surface area (Å²) in [4.78, 5) is 14.2. The molecule has 1 amide bonds. The van der Waals surface area contributed by atoms with Crippen molar-refractivity contribution in [3.8, 4) is 5.75 Å². The summed E-state index contributed by atoms with van der Waals surface area (Å²) in [6, 6.07) is 3.51. The number of hydrogen-bond donors (Lipinski definition) is 1. The van der Waals surface area contributed by atoms with E-state index >= 15 is 0 Å². The van der Waals surface area contributed by atoms with Crippen molar-refractivity contribution in [3.63, 3.8) is 0 Å². The van der Waals surface area contributed by atoms with Gasteiger partial charge in [0.05, 0.1) is 5.56 Å². The SMILES string of the molecule is CC(C)(C)C1CCCN(C(=O)c2cc(F)ccc2O)CC1. The molecule has 0 bridgehead atoms. The highest BCUT2D eigenvalue weighted by Crippen LogP contribution is 2.34. The standard InChI is InChI=1S/C17H24FNO2/c1-17(2,3)12-5-4-9-19(10-8-12)16(21)14-11-13(18)6-7-15(14)20/h6-7,11-12,20H,4-5,8-10H2,1-3H3. The summed E-state index contributed by atoms with van der Waals surface area (Å²) in [5, 5.41) is 9.77. The van der Waals surface area contributed by atoms with E-state index < -0.39 is 5.82 Å². The number of amides is 1. The zero-order valence-electron chi connectivity index (χ0n) is 13.0.